The lowest BCUT2D eigenvalue weighted by Crippen LogP contribution is -2.47. The number of carboxylic acid groups (broad SMARTS) is 1. The summed E-state index contributed by atoms with van der Waals surface area (Å²) in [4.78, 5) is 52.9. The number of anilines is 3. The van der Waals surface area contributed by atoms with E-state index in [1.807, 2.05) is 25.7 Å². The van der Waals surface area contributed by atoms with Crippen LogP contribution in [0.25, 0.3) is 0 Å². The summed E-state index contributed by atoms with van der Waals surface area (Å²) in [5, 5.41) is 16.6. The molecule has 2 aliphatic carbocycles. The molecule has 3 fully saturated rings. The largest absolute Gasteiger partial charge is 0.480 e. The lowest BCUT2D eigenvalue weighted by molar-refractivity contribution is -0.137. The van der Waals surface area contributed by atoms with Gasteiger partial charge in [0, 0.05) is 45.2 Å². The molecule has 12 nitrogen and oxygen atoms in total. The average molecular weight is 608 g/mol. The van der Waals surface area contributed by atoms with Gasteiger partial charge in [0.2, 0.25) is 5.95 Å². The van der Waals surface area contributed by atoms with E-state index < -0.39 is 12.0 Å². The maximum absolute atomic E-state index is 13.6. The maximum atomic E-state index is 13.6. The first-order valence-corrected chi connectivity index (χ1v) is 16.0. The van der Waals surface area contributed by atoms with E-state index in [-0.39, 0.29) is 30.4 Å². The number of amides is 3. The Balaban J connectivity index is 1.34. The number of carboxylic acids is 1. The number of aliphatic carboxylic acids is 1. The van der Waals surface area contributed by atoms with E-state index in [4.69, 9.17) is 9.72 Å². The lowest BCUT2D eigenvalue weighted by Gasteiger charge is -2.30. The number of nitrogens with zero attached hydrogens (tertiary/aromatic N) is 5. The highest BCUT2D eigenvalue weighted by Gasteiger charge is 2.41. The number of hydrogen-bond donors (Lipinski definition) is 3. The van der Waals surface area contributed by atoms with Gasteiger partial charge in [-0.25, -0.2) is 19.4 Å². The SMILES string of the molecule is CCN(CC)c1ncc(N(CC)C(=O)NC2CC3CCC2C3)c(N[C@@H](Cc2ccc(OC(=O)N3CCCC3)cc2)C(=O)O)n1. The van der Waals surface area contributed by atoms with Crippen LogP contribution in [0.15, 0.2) is 30.5 Å². The number of aromatic nitrogens is 2. The second-order valence-electron chi connectivity index (χ2n) is 12.0. The minimum absolute atomic E-state index is 0.142. The molecular formula is C32H45N7O5. The van der Waals surface area contributed by atoms with E-state index in [1.54, 1.807) is 40.3 Å². The number of ether oxygens (including phenoxy) is 1. The van der Waals surface area contributed by atoms with E-state index in [0.717, 1.165) is 31.2 Å². The highest BCUT2D eigenvalue weighted by Crippen LogP contribution is 2.44. The molecule has 3 N–H and O–H groups in total. The summed E-state index contributed by atoms with van der Waals surface area (Å²) in [6.07, 6.45) is 7.91. The minimum atomic E-state index is -1.06. The number of likely N-dealkylation sites (tertiary alicyclic amines) is 1. The van der Waals surface area contributed by atoms with Crippen molar-refractivity contribution in [3.05, 3.63) is 36.0 Å². The summed E-state index contributed by atoms with van der Waals surface area (Å²) in [5.74, 6) is 1.31. The van der Waals surface area contributed by atoms with Crippen LogP contribution in [-0.2, 0) is 11.2 Å². The monoisotopic (exact) mass is 607 g/mol. The van der Waals surface area contributed by atoms with Crippen molar-refractivity contribution in [3.63, 3.8) is 0 Å². The summed E-state index contributed by atoms with van der Waals surface area (Å²) in [5.41, 5.74) is 1.17. The molecule has 3 amide bonds. The number of hydrogen-bond acceptors (Lipinski definition) is 8. The summed E-state index contributed by atoms with van der Waals surface area (Å²) in [7, 11) is 0. The second-order valence-corrected chi connectivity index (χ2v) is 12.0. The molecule has 1 saturated heterocycles. The fourth-order valence-electron chi connectivity index (χ4n) is 6.77. The normalized spacial score (nSPS) is 21.2. The molecule has 1 aliphatic heterocycles. The van der Waals surface area contributed by atoms with Gasteiger partial charge in [-0.3, -0.25) is 4.90 Å². The Morgan fingerprint density at radius 2 is 1.77 bits per heavy atom. The summed E-state index contributed by atoms with van der Waals surface area (Å²) in [6.45, 7) is 9.00. The van der Waals surface area contributed by atoms with Gasteiger partial charge in [0.05, 0.1) is 6.20 Å². The van der Waals surface area contributed by atoms with E-state index >= 15 is 0 Å². The third-order valence-corrected chi connectivity index (χ3v) is 9.24. The first-order valence-electron chi connectivity index (χ1n) is 16.0. The highest BCUT2D eigenvalue weighted by molar-refractivity contribution is 5.95. The molecule has 2 bridgehead atoms. The van der Waals surface area contributed by atoms with Gasteiger partial charge in [0.25, 0.3) is 0 Å². The number of carbonyl (C=O) groups is 3. The Morgan fingerprint density at radius 3 is 2.36 bits per heavy atom. The Labute approximate surface area is 259 Å². The van der Waals surface area contributed by atoms with Crippen LogP contribution in [0, 0.1) is 11.8 Å². The van der Waals surface area contributed by atoms with Gasteiger partial charge in [0.1, 0.15) is 17.5 Å². The van der Waals surface area contributed by atoms with Crippen molar-refractivity contribution < 1.29 is 24.2 Å². The van der Waals surface area contributed by atoms with Crippen molar-refractivity contribution >= 4 is 35.5 Å². The molecule has 3 unspecified atom stereocenters. The Morgan fingerprint density at radius 1 is 1.05 bits per heavy atom. The van der Waals surface area contributed by atoms with Gasteiger partial charge >= 0.3 is 18.1 Å². The van der Waals surface area contributed by atoms with Crippen LogP contribution < -0.4 is 25.2 Å². The zero-order valence-electron chi connectivity index (χ0n) is 26.0. The Kier molecular flexibility index (Phi) is 10.1. The smallest absolute Gasteiger partial charge is 0.415 e. The van der Waals surface area contributed by atoms with E-state index in [0.29, 0.717) is 61.9 Å². The summed E-state index contributed by atoms with van der Waals surface area (Å²) < 4.78 is 5.49. The summed E-state index contributed by atoms with van der Waals surface area (Å²) >= 11 is 0. The number of rotatable bonds is 12. The van der Waals surface area contributed by atoms with E-state index in [9.17, 15) is 19.5 Å². The number of urea groups is 1. The number of benzene rings is 1. The van der Waals surface area contributed by atoms with Crippen LogP contribution in [0.1, 0.15) is 64.9 Å². The molecule has 12 heteroatoms. The van der Waals surface area contributed by atoms with Crippen molar-refractivity contribution in [1.29, 1.82) is 0 Å². The predicted octanol–water partition coefficient (Wildman–Crippen LogP) is 4.75. The van der Waals surface area contributed by atoms with Crippen LogP contribution in [0.2, 0.25) is 0 Å². The number of carbonyl (C=O) groups excluding carboxylic acids is 2. The molecule has 44 heavy (non-hydrogen) atoms. The van der Waals surface area contributed by atoms with Crippen LogP contribution in [0.3, 0.4) is 0 Å². The van der Waals surface area contributed by atoms with Gasteiger partial charge in [-0.1, -0.05) is 18.6 Å². The molecule has 0 spiro atoms. The van der Waals surface area contributed by atoms with Gasteiger partial charge in [0.15, 0.2) is 5.82 Å². The van der Waals surface area contributed by atoms with Crippen LogP contribution in [0.4, 0.5) is 27.0 Å². The molecule has 0 radical (unpaired) electrons. The molecule has 2 heterocycles. The molecule has 3 aliphatic rings. The van der Waals surface area contributed by atoms with Crippen LogP contribution in [0.5, 0.6) is 5.75 Å². The van der Waals surface area contributed by atoms with Gasteiger partial charge < -0.3 is 30.3 Å². The number of fused-ring (bicyclic) bond motifs is 2. The lowest BCUT2D eigenvalue weighted by atomic mass is 9.95. The van der Waals surface area contributed by atoms with Crippen molar-refractivity contribution in [2.24, 2.45) is 11.8 Å². The first kappa shape index (κ1) is 31.3. The zero-order chi connectivity index (χ0) is 31.2. The van der Waals surface area contributed by atoms with Crippen LogP contribution in [-0.4, -0.2) is 82.9 Å². The van der Waals surface area contributed by atoms with Crippen molar-refractivity contribution in [1.82, 2.24) is 20.2 Å². The zero-order valence-corrected chi connectivity index (χ0v) is 26.0. The number of nitrogens with one attached hydrogen (secondary N) is 2. The standard InChI is InChI=1S/C32H45N7O5/c1-4-37(5-2)30-33-20-27(39(6-3)31(42)35-25-19-22-9-12-23(25)17-22)28(36-30)34-26(29(40)41)18-21-10-13-24(14-11-21)44-32(43)38-15-7-8-16-38/h10-11,13-14,20,22-23,25-26H,4-9,12,15-19H2,1-3H3,(H,35,42)(H,40,41)(H,33,34,36)/t22?,23?,25?,26-/m0/s1. The average Bonchev–Trinajstić information content (AvgIpc) is 3.79. The molecule has 4 atom stereocenters. The third kappa shape index (κ3) is 7.16. The van der Waals surface area contributed by atoms with Gasteiger partial charge in [-0.2, -0.15) is 4.98 Å². The highest BCUT2D eigenvalue weighted by atomic mass is 16.6. The van der Waals surface area contributed by atoms with Crippen molar-refractivity contribution in [2.75, 3.05) is 47.8 Å². The minimum Gasteiger partial charge on any atom is -0.480 e. The van der Waals surface area contributed by atoms with Gasteiger partial charge in [-0.15, -0.1) is 0 Å². The molecule has 2 saturated carbocycles. The molecule has 2 aromatic rings. The van der Waals surface area contributed by atoms with E-state index in [1.165, 1.54) is 12.8 Å². The summed E-state index contributed by atoms with van der Waals surface area (Å²) in [6, 6.07) is 5.76. The molecule has 1 aromatic heterocycles. The molecule has 5 rings (SSSR count). The van der Waals surface area contributed by atoms with Crippen molar-refractivity contribution in [2.45, 2.75) is 77.8 Å². The fourth-order valence-corrected chi connectivity index (χ4v) is 6.77. The third-order valence-electron chi connectivity index (χ3n) is 9.24. The topological polar surface area (TPSA) is 140 Å². The molecule has 1 aromatic carbocycles. The molecular weight excluding hydrogens is 562 g/mol. The van der Waals surface area contributed by atoms with E-state index in [2.05, 4.69) is 15.6 Å². The second kappa shape index (κ2) is 14.1. The Bertz CT molecular complexity index is 1310. The van der Waals surface area contributed by atoms with Crippen LogP contribution >= 0.6 is 0 Å². The Hall–Kier alpha value is -4.09. The first-order chi connectivity index (χ1) is 21.3. The maximum Gasteiger partial charge on any atom is 0.415 e. The van der Waals surface area contributed by atoms with Gasteiger partial charge in [-0.05, 0) is 82.4 Å². The molecule has 238 valence electrons. The quantitative estimate of drug-likeness (QED) is 0.312. The predicted molar refractivity (Wildman–Crippen MR) is 168 cm³/mol. The fraction of sp³-hybridized carbons (Fsp3) is 0.594. The van der Waals surface area contributed by atoms with Crippen molar-refractivity contribution in [3.8, 4) is 5.75 Å².